The molecule has 0 atom stereocenters. The number of primary amides is 1. The summed E-state index contributed by atoms with van der Waals surface area (Å²) in [6.07, 6.45) is 0. The Balaban J connectivity index is 3.14. The Morgan fingerprint density at radius 2 is 1.90 bits per heavy atom. The van der Waals surface area contributed by atoms with Gasteiger partial charge in [-0.3, -0.25) is 9.59 Å². The van der Waals surface area contributed by atoms with E-state index in [1.807, 2.05) is 14.1 Å². The zero-order valence-electron chi connectivity index (χ0n) is 13.0. The van der Waals surface area contributed by atoms with Gasteiger partial charge >= 0.3 is 0 Å². The smallest absolute Gasteiger partial charge is 0.260 e. The van der Waals surface area contributed by atoms with Gasteiger partial charge in [0.25, 0.3) is 11.8 Å². The van der Waals surface area contributed by atoms with Crippen molar-refractivity contribution in [3.63, 3.8) is 0 Å². The summed E-state index contributed by atoms with van der Waals surface area (Å²) in [6, 6.07) is 0. The predicted molar refractivity (Wildman–Crippen MR) is 86.9 cm³/mol. The Morgan fingerprint density at radius 1 is 1.33 bits per heavy atom. The third-order valence-electron chi connectivity index (χ3n) is 3.52. The summed E-state index contributed by atoms with van der Waals surface area (Å²) in [4.78, 5) is 25.6. The number of carbonyl (C=O) groups excluding carboxylic acids is 2. The summed E-state index contributed by atoms with van der Waals surface area (Å²) >= 11 is 1.10. The van der Waals surface area contributed by atoms with Gasteiger partial charge in [-0.15, -0.1) is 11.3 Å². The number of rotatable bonds is 6. The number of amides is 2. The van der Waals surface area contributed by atoms with Gasteiger partial charge < -0.3 is 27.0 Å². The number of nitrogens with two attached hydrogens (primary N) is 2. The van der Waals surface area contributed by atoms with Gasteiger partial charge in [-0.05, 0) is 27.9 Å². The van der Waals surface area contributed by atoms with Gasteiger partial charge in [0.1, 0.15) is 9.88 Å². The summed E-state index contributed by atoms with van der Waals surface area (Å²) in [5.74, 6) is -0.982. The number of likely N-dealkylation sites (N-methyl/N-ethyl adjacent to an activating group) is 1. The maximum absolute atomic E-state index is 12.0. The van der Waals surface area contributed by atoms with E-state index in [1.54, 1.807) is 0 Å². The van der Waals surface area contributed by atoms with Crippen molar-refractivity contribution >= 4 is 33.8 Å². The molecule has 0 aliphatic rings. The number of nitrogens with zero attached hydrogens (tertiary/aromatic N) is 1. The second kappa shape index (κ2) is 6.31. The SMILES string of the molecule is CNC(=O)c1c(NCC(C)(C)N(C)C)sc(C(N)=O)c1N. The lowest BCUT2D eigenvalue weighted by atomic mass is 10.0. The van der Waals surface area contributed by atoms with E-state index in [2.05, 4.69) is 29.4 Å². The van der Waals surface area contributed by atoms with E-state index in [4.69, 9.17) is 11.5 Å². The molecule has 6 N–H and O–H groups in total. The molecular formula is C13H23N5O2S. The molecule has 0 saturated heterocycles. The molecule has 0 saturated carbocycles. The minimum atomic E-state index is -0.637. The first-order valence-electron chi connectivity index (χ1n) is 6.47. The lowest BCUT2D eigenvalue weighted by Crippen LogP contribution is -2.44. The Kier molecular flexibility index (Phi) is 5.19. The molecule has 0 fully saturated rings. The summed E-state index contributed by atoms with van der Waals surface area (Å²) in [5.41, 5.74) is 11.4. The number of nitrogen functional groups attached to an aromatic ring is 1. The first-order chi connectivity index (χ1) is 9.61. The van der Waals surface area contributed by atoms with Crippen LogP contribution in [0.3, 0.4) is 0 Å². The predicted octanol–water partition coefficient (Wildman–Crippen LogP) is 0.541. The third-order valence-corrected chi connectivity index (χ3v) is 4.69. The summed E-state index contributed by atoms with van der Waals surface area (Å²) in [5, 5.41) is 6.27. The van der Waals surface area contributed by atoms with Crippen LogP contribution in [0.5, 0.6) is 0 Å². The van der Waals surface area contributed by atoms with Gasteiger partial charge in [0.05, 0.1) is 11.3 Å². The lowest BCUT2D eigenvalue weighted by Gasteiger charge is -2.32. The van der Waals surface area contributed by atoms with Crippen LogP contribution >= 0.6 is 11.3 Å². The molecule has 1 heterocycles. The molecule has 21 heavy (non-hydrogen) atoms. The second-order valence-corrected chi connectivity index (χ2v) is 6.57. The number of carbonyl (C=O) groups is 2. The highest BCUT2D eigenvalue weighted by molar-refractivity contribution is 7.19. The van der Waals surface area contributed by atoms with Crippen molar-refractivity contribution in [3.8, 4) is 0 Å². The average molecular weight is 313 g/mol. The molecule has 1 rings (SSSR count). The van der Waals surface area contributed by atoms with E-state index in [0.29, 0.717) is 11.5 Å². The molecular weight excluding hydrogens is 290 g/mol. The Labute approximate surface area is 128 Å². The Hall–Kier alpha value is -1.80. The zero-order valence-corrected chi connectivity index (χ0v) is 13.9. The molecule has 0 aromatic carbocycles. The molecule has 1 aromatic rings. The molecule has 0 spiro atoms. The molecule has 1 aromatic heterocycles. The fourth-order valence-corrected chi connectivity index (χ4v) is 2.52. The van der Waals surface area contributed by atoms with Crippen molar-refractivity contribution in [1.29, 1.82) is 0 Å². The van der Waals surface area contributed by atoms with Crippen LogP contribution < -0.4 is 22.1 Å². The van der Waals surface area contributed by atoms with E-state index in [0.717, 1.165) is 11.3 Å². The van der Waals surface area contributed by atoms with Gasteiger partial charge in [0.2, 0.25) is 0 Å². The average Bonchev–Trinajstić information content (AvgIpc) is 2.72. The Morgan fingerprint density at radius 3 is 2.33 bits per heavy atom. The maximum atomic E-state index is 12.0. The number of hydrogen-bond donors (Lipinski definition) is 4. The molecule has 0 aliphatic heterocycles. The summed E-state index contributed by atoms with van der Waals surface area (Å²) in [7, 11) is 5.45. The standard InChI is InChI=1S/C13H23N5O2S/c1-13(2,18(4)5)6-17-12-7(11(20)16-3)8(14)9(21-12)10(15)19/h17H,6,14H2,1-5H3,(H2,15,19)(H,16,20). The van der Waals surface area contributed by atoms with Crippen LogP contribution in [-0.4, -0.2) is 49.9 Å². The second-order valence-electron chi connectivity index (χ2n) is 5.55. The quantitative estimate of drug-likeness (QED) is 0.612. The van der Waals surface area contributed by atoms with Crippen molar-refractivity contribution in [2.24, 2.45) is 5.73 Å². The number of hydrogen-bond acceptors (Lipinski definition) is 6. The highest BCUT2D eigenvalue weighted by atomic mass is 32.1. The van der Waals surface area contributed by atoms with E-state index >= 15 is 0 Å². The highest BCUT2D eigenvalue weighted by Crippen LogP contribution is 2.35. The largest absolute Gasteiger partial charge is 0.397 e. The van der Waals surface area contributed by atoms with Crippen molar-refractivity contribution in [2.75, 3.05) is 38.7 Å². The maximum Gasteiger partial charge on any atom is 0.260 e. The molecule has 7 nitrogen and oxygen atoms in total. The fourth-order valence-electron chi connectivity index (χ4n) is 1.56. The summed E-state index contributed by atoms with van der Waals surface area (Å²) in [6.45, 7) is 4.71. The van der Waals surface area contributed by atoms with Crippen LogP contribution in [0, 0.1) is 0 Å². The van der Waals surface area contributed by atoms with Gasteiger partial charge in [0, 0.05) is 19.1 Å². The topological polar surface area (TPSA) is 113 Å². The molecule has 0 aliphatic carbocycles. The van der Waals surface area contributed by atoms with Crippen LogP contribution in [0.1, 0.15) is 33.9 Å². The van der Waals surface area contributed by atoms with Crippen molar-refractivity contribution < 1.29 is 9.59 Å². The van der Waals surface area contributed by atoms with E-state index in [1.165, 1.54) is 7.05 Å². The highest BCUT2D eigenvalue weighted by Gasteiger charge is 2.26. The first-order valence-corrected chi connectivity index (χ1v) is 7.29. The minimum absolute atomic E-state index is 0.122. The molecule has 0 unspecified atom stereocenters. The monoisotopic (exact) mass is 313 g/mol. The molecule has 0 radical (unpaired) electrons. The van der Waals surface area contributed by atoms with Gasteiger partial charge in [-0.1, -0.05) is 0 Å². The first kappa shape index (κ1) is 17.3. The van der Waals surface area contributed by atoms with Crippen molar-refractivity contribution in [3.05, 3.63) is 10.4 Å². The zero-order chi connectivity index (χ0) is 16.4. The fraction of sp³-hybridized carbons (Fsp3) is 0.538. The van der Waals surface area contributed by atoms with Gasteiger partial charge in [-0.2, -0.15) is 0 Å². The lowest BCUT2D eigenvalue weighted by molar-refractivity contribution is 0.0964. The van der Waals surface area contributed by atoms with Crippen LogP contribution in [0.15, 0.2) is 0 Å². The third kappa shape index (κ3) is 3.64. The van der Waals surface area contributed by atoms with E-state index in [9.17, 15) is 9.59 Å². The number of thiophene rings is 1. The normalized spacial score (nSPS) is 11.5. The minimum Gasteiger partial charge on any atom is -0.397 e. The molecule has 0 bridgehead atoms. The number of nitrogens with one attached hydrogen (secondary N) is 2. The van der Waals surface area contributed by atoms with E-state index < -0.39 is 5.91 Å². The Bertz CT molecular complexity index is 551. The molecule has 118 valence electrons. The van der Waals surface area contributed by atoms with Crippen molar-refractivity contribution in [1.82, 2.24) is 10.2 Å². The molecule has 8 heteroatoms. The van der Waals surface area contributed by atoms with Crippen LogP contribution in [-0.2, 0) is 0 Å². The van der Waals surface area contributed by atoms with Crippen molar-refractivity contribution in [2.45, 2.75) is 19.4 Å². The van der Waals surface area contributed by atoms with E-state index in [-0.39, 0.29) is 27.6 Å². The van der Waals surface area contributed by atoms with Gasteiger partial charge in [-0.25, -0.2) is 0 Å². The molecule has 2 amide bonds. The summed E-state index contributed by atoms with van der Waals surface area (Å²) < 4.78 is 0. The van der Waals surface area contributed by atoms with Gasteiger partial charge in [0.15, 0.2) is 0 Å². The van der Waals surface area contributed by atoms with Crippen LogP contribution in [0.2, 0.25) is 0 Å². The van der Waals surface area contributed by atoms with Crippen LogP contribution in [0.4, 0.5) is 10.7 Å². The number of anilines is 2. The van der Waals surface area contributed by atoms with Crippen LogP contribution in [0.25, 0.3) is 0 Å².